The van der Waals surface area contributed by atoms with Crippen molar-refractivity contribution in [3.05, 3.63) is 30.7 Å². The van der Waals surface area contributed by atoms with Crippen LogP contribution in [0.1, 0.15) is 0 Å². The quantitative estimate of drug-likeness (QED) is 0.824. The number of hydrogen-bond acceptors (Lipinski definition) is 5. The first-order valence-corrected chi connectivity index (χ1v) is 5.27. The zero-order valence-corrected chi connectivity index (χ0v) is 8.31. The number of hydrogen-bond donors (Lipinski definition) is 1. The molecule has 0 fully saturated rings. The minimum Gasteiger partial charge on any atom is -0.375 e. The van der Waals surface area contributed by atoms with Crippen LogP contribution in [0.25, 0.3) is 0 Å². The number of thiazole rings is 1. The van der Waals surface area contributed by atoms with Crippen LogP contribution >= 0.6 is 23.1 Å². The van der Waals surface area contributed by atoms with Crippen molar-refractivity contribution in [1.29, 1.82) is 0 Å². The normalized spacial score (nSPS) is 10.2. The van der Waals surface area contributed by atoms with E-state index in [-0.39, 0.29) is 0 Å². The first-order valence-electron chi connectivity index (χ1n) is 3.64. The van der Waals surface area contributed by atoms with Crippen molar-refractivity contribution in [3.8, 4) is 0 Å². The Labute approximate surface area is 84.0 Å². The van der Waals surface area contributed by atoms with Crippen LogP contribution in [-0.2, 0) is 0 Å². The maximum Gasteiger partial charge on any atom is 0.181 e. The molecule has 2 heterocycles. The molecule has 2 aromatic heterocycles. The summed E-state index contributed by atoms with van der Waals surface area (Å²) in [5.74, 6) is 0. The summed E-state index contributed by atoms with van der Waals surface area (Å²) in [7, 11) is 0. The highest BCUT2D eigenvalue weighted by molar-refractivity contribution is 8.01. The number of rotatable bonds is 2. The summed E-state index contributed by atoms with van der Waals surface area (Å²) < 4.78 is 1.09. The number of aromatic nitrogens is 2. The molecule has 0 radical (unpaired) electrons. The number of anilines is 1. The highest BCUT2D eigenvalue weighted by Gasteiger charge is 2.00. The molecule has 0 aliphatic heterocycles. The van der Waals surface area contributed by atoms with Gasteiger partial charge < -0.3 is 5.73 Å². The summed E-state index contributed by atoms with van der Waals surface area (Å²) in [6, 6.07) is 3.92. The SMILES string of the molecule is Nc1ncc(Sc2cccnc2)s1. The van der Waals surface area contributed by atoms with E-state index in [1.54, 1.807) is 24.2 Å². The Morgan fingerprint density at radius 2 is 2.31 bits per heavy atom. The van der Waals surface area contributed by atoms with Gasteiger partial charge in [-0.2, -0.15) is 0 Å². The Hall–Kier alpha value is -1.07. The lowest BCUT2D eigenvalue weighted by Crippen LogP contribution is -1.77. The Morgan fingerprint density at radius 3 is 2.92 bits per heavy atom. The maximum absolute atomic E-state index is 5.51. The number of nitrogens with zero attached hydrogens (tertiary/aromatic N) is 2. The second kappa shape index (κ2) is 3.76. The first-order chi connectivity index (χ1) is 6.34. The second-order valence-corrected chi connectivity index (χ2v) is 4.74. The van der Waals surface area contributed by atoms with Gasteiger partial charge in [0.25, 0.3) is 0 Å². The van der Waals surface area contributed by atoms with E-state index < -0.39 is 0 Å². The highest BCUT2D eigenvalue weighted by Crippen LogP contribution is 2.31. The van der Waals surface area contributed by atoms with Crippen LogP contribution in [-0.4, -0.2) is 9.97 Å². The third-order valence-electron chi connectivity index (χ3n) is 1.36. The van der Waals surface area contributed by atoms with Crippen molar-refractivity contribution in [2.75, 3.05) is 5.73 Å². The highest BCUT2D eigenvalue weighted by atomic mass is 32.2. The van der Waals surface area contributed by atoms with Crippen LogP contribution in [0.2, 0.25) is 0 Å². The van der Waals surface area contributed by atoms with E-state index in [4.69, 9.17) is 5.73 Å². The van der Waals surface area contributed by atoms with Gasteiger partial charge in [-0.05, 0) is 12.1 Å². The third-order valence-corrected chi connectivity index (χ3v) is 3.26. The molecular weight excluding hydrogens is 202 g/mol. The molecule has 0 saturated carbocycles. The van der Waals surface area contributed by atoms with Gasteiger partial charge in [-0.1, -0.05) is 23.1 Å². The minimum absolute atomic E-state index is 0.603. The smallest absolute Gasteiger partial charge is 0.181 e. The zero-order valence-electron chi connectivity index (χ0n) is 6.68. The van der Waals surface area contributed by atoms with E-state index in [1.165, 1.54) is 11.3 Å². The van der Waals surface area contributed by atoms with Gasteiger partial charge in [-0.3, -0.25) is 4.98 Å². The third kappa shape index (κ3) is 2.19. The molecule has 0 saturated heterocycles. The summed E-state index contributed by atoms with van der Waals surface area (Å²) in [4.78, 5) is 9.09. The first kappa shape index (κ1) is 8.52. The molecular formula is C8H7N3S2. The summed E-state index contributed by atoms with van der Waals surface area (Å²) in [5, 5.41) is 0.603. The van der Waals surface area contributed by atoms with Crippen molar-refractivity contribution >= 4 is 28.2 Å². The topological polar surface area (TPSA) is 51.8 Å². The molecule has 0 aromatic carbocycles. The Morgan fingerprint density at radius 1 is 1.38 bits per heavy atom. The van der Waals surface area contributed by atoms with Gasteiger partial charge in [0.1, 0.15) is 0 Å². The van der Waals surface area contributed by atoms with Gasteiger partial charge in [-0.25, -0.2) is 4.98 Å². The van der Waals surface area contributed by atoms with Gasteiger partial charge >= 0.3 is 0 Å². The molecule has 2 aromatic rings. The average molecular weight is 209 g/mol. The largest absolute Gasteiger partial charge is 0.375 e. The van der Waals surface area contributed by atoms with Crippen molar-refractivity contribution in [2.45, 2.75) is 9.10 Å². The summed E-state index contributed by atoms with van der Waals surface area (Å²) in [5.41, 5.74) is 5.51. The van der Waals surface area contributed by atoms with E-state index in [9.17, 15) is 0 Å². The van der Waals surface area contributed by atoms with Crippen molar-refractivity contribution in [1.82, 2.24) is 9.97 Å². The lowest BCUT2D eigenvalue weighted by Gasteiger charge is -1.94. The standard InChI is InChI=1S/C8H7N3S2/c9-8-11-5-7(13-8)12-6-2-1-3-10-4-6/h1-5H,(H2,9,11). The molecule has 0 bridgehead atoms. The molecule has 13 heavy (non-hydrogen) atoms. The maximum atomic E-state index is 5.51. The predicted molar refractivity (Wildman–Crippen MR) is 54.9 cm³/mol. The van der Waals surface area contributed by atoms with Crippen LogP contribution in [0.3, 0.4) is 0 Å². The predicted octanol–water partition coefficient (Wildman–Crippen LogP) is 2.27. The van der Waals surface area contributed by atoms with Crippen molar-refractivity contribution in [3.63, 3.8) is 0 Å². The number of nitrogen functional groups attached to an aromatic ring is 1. The van der Waals surface area contributed by atoms with Gasteiger partial charge in [0.15, 0.2) is 5.13 Å². The van der Waals surface area contributed by atoms with Gasteiger partial charge in [0.2, 0.25) is 0 Å². The lowest BCUT2D eigenvalue weighted by atomic mass is 10.5. The monoisotopic (exact) mass is 209 g/mol. The van der Waals surface area contributed by atoms with Crippen LogP contribution in [0.15, 0.2) is 39.8 Å². The van der Waals surface area contributed by atoms with E-state index in [0.717, 1.165) is 9.10 Å². The molecule has 0 spiro atoms. The van der Waals surface area contributed by atoms with E-state index in [1.807, 2.05) is 18.3 Å². The molecule has 2 rings (SSSR count). The van der Waals surface area contributed by atoms with Crippen molar-refractivity contribution < 1.29 is 0 Å². The molecule has 0 atom stereocenters. The van der Waals surface area contributed by atoms with Gasteiger partial charge in [0, 0.05) is 17.3 Å². The minimum atomic E-state index is 0.603. The van der Waals surface area contributed by atoms with E-state index in [0.29, 0.717) is 5.13 Å². The van der Waals surface area contributed by atoms with Crippen LogP contribution in [0, 0.1) is 0 Å². The Kier molecular flexibility index (Phi) is 2.47. The van der Waals surface area contributed by atoms with Crippen molar-refractivity contribution in [2.24, 2.45) is 0 Å². The molecule has 0 aliphatic rings. The Bertz CT molecular complexity index is 385. The molecule has 3 nitrogen and oxygen atoms in total. The zero-order chi connectivity index (χ0) is 9.10. The summed E-state index contributed by atoms with van der Waals surface area (Å²) in [6.45, 7) is 0. The van der Waals surface area contributed by atoms with E-state index in [2.05, 4.69) is 9.97 Å². The van der Waals surface area contributed by atoms with E-state index >= 15 is 0 Å². The van der Waals surface area contributed by atoms with Gasteiger partial charge in [-0.15, -0.1) is 0 Å². The molecule has 2 N–H and O–H groups in total. The fraction of sp³-hybridized carbons (Fsp3) is 0. The number of pyridine rings is 1. The second-order valence-electron chi connectivity index (χ2n) is 2.31. The fourth-order valence-electron chi connectivity index (χ4n) is 0.843. The van der Waals surface area contributed by atoms with Crippen LogP contribution in [0.5, 0.6) is 0 Å². The lowest BCUT2D eigenvalue weighted by molar-refractivity contribution is 1.24. The van der Waals surface area contributed by atoms with Crippen LogP contribution < -0.4 is 5.73 Å². The van der Waals surface area contributed by atoms with Crippen LogP contribution in [0.4, 0.5) is 5.13 Å². The molecule has 66 valence electrons. The fourth-order valence-corrected chi connectivity index (χ4v) is 2.57. The molecule has 5 heteroatoms. The number of nitrogens with two attached hydrogens (primary N) is 1. The molecule has 0 unspecified atom stereocenters. The average Bonchev–Trinajstić information content (AvgIpc) is 2.53. The van der Waals surface area contributed by atoms with Gasteiger partial charge in [0.05, 0.1) is 10.4 Å². The molecule has 0 amide bonds. The molecule has 0 aliphatic carbocycles. The Balaban J connectivity index is 2.15. The summed E-state index contributed by atoms with van der Waals surface area (Å²) >= 11 is 3.11. The summed E-state index contributed by atoms with van der Waals surface area (Å²) in [6.07, 6.45) is 5.35.